The third kappa shape index (κ3) is 4.02. The number of piperidine rings is 1. The SMILES string of the molecule is CN1CCC(NC(=O)c2ccc(-n3ncc(-c4ccc(C#N)cc4)c3O)nc2)CC1. The lowest BCUT2D eigenvalue weighted by Gasteiger charge is -2.29. The summed E-state index contributed by atoms with van der Waals surface area (Å²) >= 11 is 0. The van der Waals surface area contributed by atoms with Crippen molar-refractivity contribution >= 4 is 5.91 Å². The van der Waals surface area contributed by atoms with Crippen LogP contribution in [-0.2, 0) is 0 Å². The summed E-state index contributed by atoms with van der Waals surface area (Å²) in [5.41, 5.74) is 2.29. The zero-order chi connectivity index (χ0) is 21.1. The fourth-order valence-electron chi connectivity index (χ4n) is 3.50. The molecular weight excluding hydrogens is 380 g/mol. The normalized spacial score (nSPS) is 14.9. The zero-order valence-corrected chi connectivity index (χ0v) is 16.6. The van der Waals surface area contributed by atoms with Gasteiger partial charge in [-0.3, -0.25) is 4.79 Å². The predicted molar refractivity (Wildman–Crippen MR) is 111 cm³/mol. The van der Waals surface area contributed by atoms with Gasteiger partial charge in [-0.1, -0.05) is 12.1 Å². The first-order chi connectivity index (χ1) is 14.5. The van der Waals surface area contributed by atoms with E-state index in [-0.39, 0.29) is 17.8 Å². The van der Waals surface area contributed by atoms with Gasteiger partial charge in [0.25, 0.3) is 5.91 Å². The maximum atomic E-state index is 12.5. The number of pyridine rings is 1. The Balaban J connectivity index is 1.48. The highest BCUT2D eigenvalue weighted by molar-refractivity contribution is 5.94. The number of benzene rings is 1. The van der Waals surface area contributed by atoms with Crippen LogP contribution in [0.5, 0.6) is 5.88 Å². The second kappa shape index (κ2) is 8.35. The molecule has 1 aliphatic rings. The number of carbonyl (C=O) groups is 1. The van der Waals surface area contributed by atoms with Crippen LogP contribution in [0.4, 0.5) is 0 Å². The minimum atomic E-state index is -0.147. The number of likely N-dealkylation sites (tertiary alicyclic amines) is 1. The van der Waals surface area contributed by atoms with Crippen LogP contribution in [0.25, 0.3) is 16.9 Å². The molecule has 2 N–H and O–H groups in total. The Kier molecular flexibility index (Phi) is 5.46. The summed E-state index contributed by atoms with van der Waals surface area (Å²) in [7, 11) is 2.08. The second-order valence-electron chi connectivity index (χ2n) is 7.44. The highest BCUT2D eigenvalue weighted by Gasteiger charge is 2.20. The Morgan fingerprint density at radius 2 is 1.90 bits per heavy atom. The van der Waals surface area contributed by atoms with Crippen LogP contribution in [0.2, 0.25) is 0 Å². The van der Waals surface area contributed by atoms with E-state index in [9.17, 15) is 9.90 Å². The molecule has 1 aliphatic heterocycles. The quantitative estimate of drug-likeness (QED) is 0.694. The smallest absolute Gasteiger partial charge is 0.253 e. The summed E-state index contributed by atoms with van der Waals surface area (Å²) in [6, 6.07) is 12.4. The lowest BCUT2D eigenvalue weighted by Crippen LogP contribution is -2.43. The molecule has 0 radical (unpaired) electrons. The molecule has 1 aromatic carbocycles. The first-order valence-electron chi connectivity index (χ1n) is 9.78. The van der Waals surface area contributed by atoms with Gasteiger partial charge in [0, 0.05) is 12.2 Å². The van der Waals surface area contributed by atoms with Crippen molar-refractivity contribution in [2.45, 2.75) is 18.9 Å². The summed E-state index contributed by atoms with van der Waals surface area (Å²) in [6.07, 6.45) is 4.90. The number of hydrogen-bond acceptors (Lipinski definition) is 6. The van der Waals surface area contributed by atoms with Gasteiger partial charge in [-0.25, -0.2) is 4.98 Å². The molecule has 1 amide bonds. The zero-order valence-electron chi connectivity index (χ0n) is 16.6. The summed E-state index contributed by atoms with van der Waals surface area (Å²) < 4.78 is 1.31. The van der Waals surface area contributed by atoms with Crippen LogP contribution in [0.3, 0.4) is 0 Å². The molecule has 30 heavy (non-hydrogen) atoms. The summed E-state index contributed by atoms with van der Waals surface area (Å²) in [6.45, 7) is 1.95. The van der Waals surface area contributed by atoms with Crippen LogP contribution >= 0.6 is 0 Å². The second-order valence-corrected chi connectivity index (χ2v) is 7.44. The number of nitrogens with one attached hydrogen (secondary N) is 1. The maximum absolute atomic E-state index is 12.5. The molecule has 8 heteroatoms. The molecule has 8 nitrogen and oxygen atoms in total. The summed E-state index contributed by atoms with van der Waals surface area (Å²) in [5.74, 6) is 0.200. The molecule has 1 saturated heterocycles. The van der Waals surface area contributed by atoms with Crippen LogP contribution < -0.4 is 5.32 Å². The van der Waals surface area contributed by atoms with Gasteiger partial charge in [0.2, 0.25) is 5.88 Å². The third-order valence-corrected chi connectivity index (χ3v) is 5.35. The Morgan fingerprint density at radius 3 is 2.53 bits per heavy atom. The molecule has 152 valence electrons. The topological polar surface area (TPSA) is 107 Å². The van der Waals surface area contributed by atoms with Gasteiger partial charge in [0.1, 0.15) is 0 Å². The van der Waals surface area contributed by atoms with Gasteiger partial charge in [-0.2, -0.15) is 15.0 Å². The molecule has 2 aromatic heterocycles. The molecule has 1 fully saturated rings. The van der Waals surface area contributed by atoms with Crippen molar-refractivity contribution in [3.8, 4) is 28.9 Å². The lowest BCUT2D eigenvalue weighted by atomic mass is 10.1. The fraction of sp³-hybridized carbons (Fsp3) is 0.273. The molecule has 4 rings (SSSR count). The minimum absolute atomic E-state index is 0.0595. The van der Waals surface area contributed by atoms with Gasteiger partial charge in [0.05, 0.1) is 29.0 Å². The van der Waals surface area contributed by atoms with Gasteiger partial charge in [-0.15, -0.1) is 0 Å². The number of rotatable bonds is 4. The summed E-state index contributed by atoms with van der Waals surface area (Å²) in [4.78, 5) is 19.0. The van der Waals surface area contributed by atoms with Gasteiger partial charge in [-0.05, 0) is 62.8 Å². The average molecular weight is 402 g/mol. The number of aromatic hydroxyl groups is 1. The van der Waals surface area contributed by atoms with Gasteiger partial charge >= 0.3 is 0 Å². The fourth-order valence-corrected chi connectivity index (χ4v) is 3.50. The Morgan fingerprint density at radius 1 is 1.17 bits per heavy atom. The molecule has 3 aromatic rings. The van der Waals surface area contributed by atoms with Crippen molar-refractivity contribution in [2.75, 3.05) is 20.1 Å². The van der Waals surface area contributed by atoms with Crippen molar-refractivity contribution in [2.24, 2.45) is 0 Å². The van der Waals surface area contributed by atoms with E-state index in [2.05, 4.69) is 33.4 Å². The number of amides is 1. The standard InChI is InChI=1S/C22H22N6O2/c1-27-10-8-18(9-11-27)26-21(29)17-6-7-20(24-13-17)28-22(30)19(14-25-28)16-4-2-15(12-23)3-5-16/h2-7,13-14,18,30H,8-11H2,1H3,(H,26,29). The first kappa shape index (κ1) is 19.6. The van der Waals surface area contributed by atoms with E-state index in [4.69, 9.17) is 5.26 Å². The Hall–Kier alpha value is -3.70. The largest absolute Gasteiger partial charge is 0.493 e. The number of nitriles is 1. The van der Waals surface area contributed by atoms with Crippen LogP contribution in [0.15, 0.2) is 48.8 Å². The molecule has 0 spiro atoms. The monoisotopic (exact) mass is 402 g/mol. The molecule has 3 heterocycles. The van der Waals surface area contributed by atoms with Crippen LogP contribution in [-0.4, -0.2) is 56.9 Å². The van der Waals surface area contributed by atoms with E-state index in [0.717, 1.165) is 31.5 Å². The van der Waals surface area contributed by atoms with Gasteiger partial charge < -0.3 is 15.3 Å². The summed E-state index contributed by atoms with van der Waals surface area (Å²) in [5, 5.41) is 26.8. The Bertz CT molecular complexity index is 1070. The van der Waals surface area contributed by atoms with E-state index >= 15 is 0 Å². The highest BCUT2D eigenvalue weighted by atomic mass is 16.3. The first-order valence-corrected chi connectivity index (χ1v) is 9.78. The molecule has 0 bridgehead atoms. The molecular formula is C22H22N6O2. The van der Waals surface area contributed by atoms with E-state index in [1.807, 2.05) is 0 Å². The highest BCUT2D eigenvalue weighted by Crippen LogP contribution is 2.30. The minimum Gasteiger partial charge on any atom is -0.493 e. The average Bonchev–Trinajstić information content (AvgIpc) is 3.16. The van der Waals surface area contributed by atoms with Crippen LogP contribution in [0, 0.1) is 11.3 Å². The van der Waals surface area contributed by atoms with Crippen molar-refractivity contribution < 1.29 is 9.90 Å². The van der Waals surface area contributed by atoms with E-state index in [1.165, 1.54) is 10.9 Å². The van der Waals surface area contributed by atoms with Crippen molar-refractivity contribution in [3.63, 3.8) is 0 Å². The number of carbonyl (C=O) groups excluding carboxylic acids is 1. The number of nitrogens with zero attached hydrogens (tertiary/aromatic N) is 5. The number of hydrogen-bond donors (Lipinski definition) is 2. The molecule has 0 unspecified atom stereocenters. The predicted octanol–water partition coefficient (Wildman–Crippen LogP) is 2.34. The van der Waals surface area contributed by atoms with E-state index in [0.29, 0.717) is 22.5 Å². The van der Waals surface area contributed by atoms with E-state index in [1.54, 1.807) is 42.6 Å². The lowest BCUT2D eigenvalue weighted by molar-refractivity contribution is 0.0916. The molecule has 0 saturated carbocycles. The third-order valence-electron chi connectivity index (χ3n) is 5.35. The van der Waals surface area contributed by atoms with Crippen LogP contribution in [0.1, 0.15) is 28.8 Å². The van der Waals surface area contributed by atoms with Gasteiger partial charge in [0.15, 0.2) is 5.82 Å². The van der Waals surface area contributed by atoms with Crippen molar-refractivity contribution in [3.05, 3.63) is 59.9 Å². The Labute approximate surface area is 174 Å². The number of aromatic nitrogens is 3. The maximum Gasteiger partial charge on any atom is 0.253 e. The van der Waals surface area contributed by atoms with Crippen molar-refractivity contribution in [1.29, 1.82) is 5.26 Å². The van der Waals surface area contributed by atoms with Crippen molar-refractivity contribution in [1.82, 2.24) is 25.0 Å². The molecule has 0 aliphatic carbocycles. The van der Waals surface area contributed by atoms with E-state index < -0.39 is 0 Å². The molecule has 0 atom stereocenters.